The highest BCUT2D eigenvalue weighted by Gasteiger charge is 2.05. The van der Waals surface area contributed by atoms with Gasteiger partial charge in [0.05, 0.1) is 0 Å². The molecule has 82 valence electrons. The number of anilines is 1. The first-order valence-corrected chi connectivity index (χ1v) is 5.24. The fourth-order valence-electron chi connectivity index (χ4n) is 1.46. The van der Waals surface area contributed by atoms with Gasteiger partial charge in [-0.25, -0.2) is 4.98 Å². The number of aromatic nitrogens is 1. The van der Waals surface area contributed by atoms with E-state index in [9.17, 15) is 0 Å². The van der Waals surface area contributed by atoms with Crippen LogP contribution in [0, 0.1) is 5.41 Å². The van der Waals surface area contributed by atoms with E-state index in [1.807, 2.05) is 6.07 Å². The molecule has 0 saturated carbocycles. The number of hydrogen-bond acceptors (Lipinski definition) is 3. The largest absolute Gasteiger partial charge is 0.384 e. The zero-order valence-corrected chi connectivity index (χ0v) is 9.33. The van der Waals surface area contributed by atoms with Crippen molar-refractivity contribution >= 4 is 11.7 Å². The fourth-order valence-corrected chi connectivity index (χ4v) is 1.46. The highest BCUT2D eigenvalue weighted by molar-refractivity contribution is 5.95. The number of nitrogen functional groups attached to an aromatic ring is 1. The third kappa shape index (κ3) is 2.94. The van der Waals surface area contributed by atoms with Crippen molar-refractivity contribution < 1.29 is 0 Å². The van der Waals surface area contributed by atoms with Crippen LogP contribution in [0.1, 0.15) is 25.8 Å². The molecule has 0 amide bonds. The van der Waals surface area contributed by atoms with Crippen molar-refractivity contribution in [1.82, 2.24) is 4.98 Å². The Morgan fingerprint density at radius 3 is 2.80 bits per heavy atom. The lowest BCUT2D eigenvalue weighted by molar-refractivity contribution is 0.778. The Kier molecular flexibility index (Phi) is 4.09. The molecule has 0 radical (unpaired) electrons. The lowest BCUT2D eigenvalue weighted by atomic mass is 10.2. The summed E-state index contributed by atoms with van der Waals surface area (Å²) in [4.78, 5) is 6.46. The molecule has 1 aromatic rings. The summed E-state index contributed by atoms with van der Waals surface area (Å²) in [6.45, 7) is 6.13. The molecule has 1 heterocycles. The van der Waals surface area contributed by atoms with Gasteiger partial charge in [-0.2, -0.15) is 0 Å². The molecule has 4 heteroatoms. The quantitative estimate of drug-likeness (QED) is 0.568. The van der Waals surface area contributed by atoms with E-state index in [1.54, 1.807) is 12.3 Å². The van der Waals surface area contributed by atoms with Crippen LogP contribution < -0.4 is 10.6 Å². The SMILES string of the molecule is CCCN(CC)c1cc(C(=N)N)ccn1. The number of pyridine rings is 1. The minimum absolute atomic E-state index is 0.0891. The van der Waals surface area contributed by atoms with E-state index >= 15 is 0 Å². The van der Waals surface area contributed by atoms with Crippen LogP contribution >= 0.6 is 0 Å². The fraction of sp³-hybridized carbons (Fsp3) is 0.455. The van der Waals surface area contributed by atoms with Gasteiger partial charge in [0.1, 0.15) is 11.7 Å². The summed E-state index contributed by atoms with van der Waals surface area (Å²) in [5.74, 6) is 0.984. The summed E-state index contributed by atoms with van der Waals surface area (Å²) < 4.78 is 0. The van der Waals surface area contributed by atoms with E-state index in [4.69, 9.17) is 11.1 Å². The molecule has 1 rings (SSSR count). The van der Waals surface area contributed by atoms with Crippen LogP contribution in [-0.2, 0) is 0 Å². The average Bonchev–Trinajstić information content (AvgIpc) is 2.26. The molecule has 4 nitrogen and oxygen atoms in total. The molecular formula is C11H18N4. The zero-order valence-electron chi connectivity index (χ0n) is 9.33. The third-order valence-corrected chi connectivity index (χ3v) is 2.26. The normalized spacial score (nSPS) is 10.0. The number of nitrogens with zero attached hydrogens (tertiary/aromatic N) is 2. The van der Waals surface area contributed by atoms with Gasteiger partial charge in [0.15, 0.2) is 0 Å². The van der Waals surface area contributed by atoms with Crippen LogP contribution in [-0.4, -0.2) is 23.9 Å². The topological polar surface area (TPSA) is 66.0 Å². The molecule has 0 aliphatic heterocycles. The van der Waals surface area contributed by atoms with Crippen molar-refractivity contribution in [2.24, 2.45) is 5.73 Å². The summed E-state index contributed by atoms with van der Waals surface area (Å²) >= 11 is 0. The van der Waals surface area contributed by atoms with Gasteiger partial charge in [0, 0.05) is 24.8 Å². The van der Waals surface area contributed by atoms with Crippen molar-refractivity contribution in [1.29, 1.82) is 5.41 Å². The molecule has 0 aliphatic rings. The van der Waals surface area contributed by atoms with Crippen LogP contribution in [0.2, 0.25) is 0 Å². The Labute approximate surface area is 90.6 Å². The van der Waals surface area contributed by atoms with Crippen molar-refractivity contribution in [3.8, 4) is 0 Å². The second-order valence-corrected chi connectivity index (χ2v) is 3.40. The predicted octanol–water partition coefficient (Wildman–Crippen LogP) is 1.60. The molecule has 3 N–H and O–H groups in total. The Morgan fingerprint density at radius 2 is 2.27 bits per heavy atom. The molecule has 15 heavy (non-hydrogen) atoms. The molecule has 0 unspecified atom stereocenters. The van der Waals surface area contributed by atoms with E-state index in [0.29, 0.717) is 0 Å². The predicted molar refractivity (Wildman–Crippen MR) is 63.4 cm³/mol. The molecule has 0 saturated heterocycles. The van der Waals surface area contributed by atoms with Crippen molar-refractivity contribution in [2.75, 3.05) is 18.0 Å². The Morgan fingerprint density at radius 1 is 1.53 bits per heavy atom. The van der Waals surface area contributed by atoms with Gasteiger partial charge in [-0.3, -0.25) is 5.41 Å². The first-order valence-electron chi connectivity index (χ1n) is 5.24. The van der Waals surface area contributed by atoms with Crippen molar-refractivity contribution in [2.45, 2.75) is 20.3 Å². The zero-order chi connectivity index (χ0) is 11.3. The standard InChI is InChI=1S/C11H18N4/c1-3-7-15(4-2)10-8-9(11(12)13)5-6-14-10/h5-6,8H,3-4,7H2,1-2H3,(H3,12,13). The van der Waals surface area contributed by atoms with Crippen molar-refractivity contribution in [3.05, 3.63) is 23.9 Å². The van der Waals surface area contributed by atoms with E-state index in [0.717, 1.165) is 30.9 Å². The maximum Gasteiger partial charge on any atom is 0.129 e. The Bertz CT molecular complexity index is 335. The van der Waals surface area contributed by atoms with Gasteiger partial charge in [0.25, 0.3) is 0 Å². The molecule has 0 bridgehead atoms. The lowest BCUT2D eigenvalue weighted by Gasteiger charge is -2.21. The summed E-state index contributed by atoms with van der Waals surface area (Å²) in [6, 6.07) is 3.62. The number of rotatable bonds is 5. The number of amidine groups is 1. The van der Waals surface area contributed by atoms with Gasteiger partial charge in [-0.1, -0.05) is 6.92 Å². The highest BCUT2D eigenvalue weighted by atomic mass is 15.2. The van der Waals surface area contributed by atoms with Gasteiger partial charge < -0.3 is 10.6 Å². The van der Waals surface area contributed by atoms with Crippen LogP contribution in [0.5, 0.6) is 0 Å². The highest BCUT2D eigenvalue weighted by Crippen LogP contribution is 2.12. The molecule has 1 aromatic heterocycles. The second-order valence-electron chi connectivity index (χ2n) is 3.40. The number of hydrogen-bond donors (Lipinski definition) is 2. The minimum Gasteiger partial charge on any atom is -0.384 e. The summed E-state index contributed by atoms with van der Waals surface area (Å²) in [5, 5.41) is 7.36. The Hall–Kier alpha value is -1.58. The first kappa shape index (κ1) is 11.5. The molecule has 0 aliphatic carbocycles. The third-order valence-electron chi connectivity index (χ3n) is 2.26. The van der Waals surface area contributed by atoms with Gasteiger partial charge in [0.2, 0.25) is 0 Å². The average molecular weight is 206 g/mol. The smallest absolute Gasteiger partial charge is 0.129 e. The molecule has 0 aromatic carbocycles. The second kappa shape index (κ2) is 5.34. The van der Waals surface area contributed by atoms with Crippen LogP contribution in [0.4, 0.5) is 5.82 Å². The molecular weight excluding hydrogens is 188 g/mol. The molecule has 0 fully saturated rings. The Balaban J connectivity index is 2.92. The molecule has 0 atom stereocenters. The van der Waals surface area contributed by atoms with Crippen molar-refractivity contribution in [3.63, 3.8) is 0 Å². The monoisotopic (exact) mass is 206 g/mol. The number of nitrogens with one attached hydrogen (secondary N) is 1. The minimum atomic E-state index is 0.0891. The maximum atomic E-state index is 7.36. The molecule has 0 spiro atoms. The van der Waals surface area contributed by atoms with E-state index in [2.05, 4.69) is 23.7 Å². The van der Waals surface area contributed by atoms with Gasteiger partial charge in [-0.05, 0) is 25.5 Å². The number of nitrogens with two attached hydrogens (primary N) is 1. The summed E-state index contributed by atoms with van der Waals surface area (Å²) in [6.07, 6.45) is 2.78. The first-order chi connectivity index (χ1) is 7.19. The van der Waals surface area contributed by atoms with Crippen LogP contribution in [0.25, 0.3) is 0 Å². The van der Waals surface area contributed by atoms with E-state index in [1.165, 1.54) is 0 Å². The van der Waals surface area contributed by atoms with Gasteiger partial charge >= 0.3 is 0 Å². The lowest BCUT2D eigenvalue weighted by Crippen LogP contribution is -2.25. The maximum absolute atomic E-state index is 7.36. The van der Waals surface area contributed by atoms with Crippen LogP contribution in [0.15, 0.2) is 18.3 Å². The van der Waals surface area contributed by atoms with Gasteiger partial charge in [-0.15, -0.1) is 0 Å². The van der Waals surface area contributed by atoms with E-state index < -0.39 is 0 Å². The van der Waals surface area contributed by atoms with E-state index in [-0.39, 0.29) is 5.84 Å². The van der Waals surface area contributed by atoms with Crippen LogP contribution in [0.3, 0.4) is 0 Å². The summed E-state index contributed by atoms with van der Waals surface area (Å²) in [7, 11) is 0. The summed E-state index contributed by atoms with van der Waals surface area (Å²) in [5.41, 5.74) is 6.17.